The van der Waals surface area contributed by atoms with Gasteiger partial charge in [0.25, 0.3) is 0 Å². The van der Waals surface area contributed by atoms with Gasteiger partial charge in [0, 0.05) is 18.1 Å². The molecule has 1 heterocycles. The maximum absolute atomic E-state index is 12.5. The minimum absolute atomic E-state index is 0.125. The SMILES string of the molecule is CN(Cc1ccccc1Cl)CC1C(=O)C(C)(C)OC1(C)C. The average Bonchev–Trinajstić information content (AvgIpc) is 2.50. The molecule has 116 valence electrons. The Morgan fingerprint density at radius 2 is 1.86 bits per heavy atom. The van der Waals surface area contributed by atoms with Crippen molar-refractivity contribution in [3.8, 4) is 0 Å². The monoisotopic (exact) mass is 309 g/mol. The molecule has 1 saturated heterocycles. The lowest BCUT2D eigenvalue weighted by atomic mass is 9.85. The molecule has 21 heavy (non-hydrogen) atoms. The number of rotatable bonds is 4. The Morgan fingerprint density at radius 3 is 2.38 bits per heavy atom. The molecule has 1 aromatic carbocycles. The Kier molecular flexibility index (Phi) is 4.48. The summed E-state index contributed by atoms with van der Waals surface area (Å²) >= 11 is 6.20. The summed E-state index contributed by atoms with van der Waals surface area (Å²) in [5.41, 5.74) is -0.0561. The first-order valence-corrected chi connectivity index (χ1v) is 7.68. The van der Waals surface area contributed by atoms with E-state index in [1.165, 1.54) is 0 Å². The lowest BCUT2D eigenvalue weighted by molar-refractivity contribution is -0.132. The Bertz CT molecular complexity index is 539. The van der Waals surface area contributed by atoms with Crippen LogP contribution in [0.2, 0.25) is 5.02 Å². The summed E-state index contributed by atoms with van der Waals surface area (Å²) in [5.74, 6) is 0.0542. The van der Waals surface area contributed by atoms with E-state index >= 15 is 0 Å². The second-order valence-electron chi connectivity index (χ2n) is 6.92. The average molecular weight is 310 g/mol. The third kappa shape index (κ3) is 3.47. The van der Waals surface area contributed by atoms with Gasteiger partial charge in [-0.15, -0.1) is 0 Å². The molecule has 0 aromatic heterocycles. The summed E-state index contributed by atoms with van der Waals surface area (Å²) in [6.45, 7) is 9.08. The van der Waals surface area contributed by atoms with Crippen molar-refractivity contribution in [3.05, 3.63) is 34.9 Å². The number of ketones is 1. The summed E-state index contributed by atoms with van der Waals surface area (Å²) in [7, 11) is 2.01. The Morgan fingerprint density at radius 1 is 1.24 bits per heavy atom. The number of hydrogen-bond acceptors (Lipinski definition) is 3. The number of halogens is 1. The molecule has 0 aliphatic carbocycles. The first-order valence-electron chi connectivity index (χ1n) is 7.30. The summed E-state index contributed by atoms with van der Waals surface area (Å²) in [6.07, 6.45) is 0. The minimum Gasteiger partial charge on any atom is -0.361 e. The highest BCUT2D eigenvalue weighted by Gasteiger charge is 2.53. The van der Waals surface area contributed by atoms with Crippen molar-refractivity contribution in [2.75, 3.05) is 13.6 Å². The second kappa shape index (κ2) is 5.71. The van der Waals surface area contributed by atoms with E-state index in [1.807, 2.05) is 59.0 Å². The van der Waals surface area contributed by atoms with E-state index in [-0.39, 0.29) is 11.7 Å². The highest BCUT2D eigenvalue weighted by Crippen LogP contribution is 2.39. The first kappa shape index (κ1) is 16.5. The molecule has 0 radical (unpaired) electrons. The van der Waals surface area contributed by atoms with Gasteiger partial charge in [-0.3, -0.25) is 4.79 Å². The normalized spacial score (nSPS) is 23.8. The molecule has 1 atom stereocenters. The van der Waals surface area contributed by atoms with Crippen LogP contribution in [0.15, 0.2) is 24.3 Å². The summed E-state index contributed by atoms with van der Waals surface area (Å²) < 4.78 is 5.93. The molecule has 0 N–H and O–H groups in total. The van der Waals surface area contributed by atoms with E-state index in [9.17, 15) is 4.79 Å². The molecule has 2 rings (SSSR count). The predicted molar refractivity (Wildman–Crippen MR) is 85.5 cm³/mol. The number of carbonyl (C=O) groups is 1. The van der Waals surface area contributed by atoms with Crippen molar-refractivity contribution in [2.45, 2.75) is 45.4 Å². The van der Waals surface area contributed by atoms with E-state index in [4.69, 9.17) is 16.3 Å². The van der Waals surface area contributed by atoms with Gasteiger partial charge in [0.15, 0.2) is 5.78 Å². The van der Waals surface area contributed by atoms with Gasteiger partial charge in [-0.2, -0.15) is 0 Å². The van der Waals surface area contributed by atoms with Gasteiger partial charge < -0.3 is 9.64 Å². The third-order valence-electron chi connectivity index (χ3n) is 4.16. The van der Waals surface area contributed by atoms with Crippen LogP contribution in [0.5, 0.6) is 0 Å². The molecule has 1 aromatic rings. The first-order chi connectivity index (χ1) is 9.63. The summed E-state index contributed by atoms with van der Waals surface area (Å²) in [4.78, 5) is 14.7. The molecule has 1 aliphatic rings. The maximum atomic E-state index is 12.5. The predicted octanol–water partition coefficient (Wildman–Crippen LogP) is 3.54. The van der Waals surface area contributed by atoms with Crippen molar-refractivity contribution in [2.24, 2.45) is 5.92 Å². The third-order valence-corrected chi connectivity index (χ3v) is 4.53. The highest BCUT2D eigenvalue weighted by molar-refractivity contribution is 6.31. The van der Waals surface area contributed by atoms with E-state index in [1.54, 1.807) is 0 Å². The number of nitrogens with zero attached hydrogens (tertiary/aromatic N) is 1. The number of ether oxygens (including phenoxy) is 1. The van der Waals surface area contributed by atoms with Gasteiger partial charge >= 0.3 is 0 Å². The molecule has 4 heteroatoms. The fraction of sp³-hybridized carbons (Fsp3) is 0.588. The molecule has 0 saturated carbocycles. The fourth-order valence-electron chi connectivity index (χ4n) is 3.11. The number of hydrogen-bond donors (Lipinski definition) is 0. The van der Waals surface area contributed by atoms with Crippen molar-refractivity contribution in [1.29, 1.82) is 0 Å². The van der Waals surface area contributed by atoms with Crippen LogP contribution in [0.3, 0.4) is 0 Å². The number of carbonyl (C=O) groups excluding carboxylic acids is 1. The van der Waals surface area contributed by atoms with Crippen molar-refractivity contribution in [1.82, 2.24) is 4.90 Å². The van der Waals surface area contributed by atoms with Crippen LogP contribution in [0.1, 0.15) is 33.3 Å². The molecule has 3 nitrogen and oxygen atoms in total. The minimum atomic E-state index is -0.695. The Hall–Kier alpha value is -0.900. The Balaban J connectivity index is 2.08. The Labute approximate surface area is 132 Å². The van der Waals surface area contributed by atoms with Crippen LogP contribution in [0.25, 0.3) is 0 Å². The fourth-order valence-corrected chi connectivity index (χ4v) is 3.31. The van der Waals surface area contributed by atoms with Crippen molar-refractivity contribution >= 4 is 17.4 Å². The van der Waals surface area contributed by atoms with E-state index in [0.29, 0.717) is 6.54 Å². The molecule has 1 fully saturated rings. The zero-order valence-corrected chi connectivity index (χ0v) is 14.2. The number of Topliss-reactive ketones (excluding diaryl/α,β-unsaturated/α-hetero) is 1. The highest BCUT2D eigenvalue weighted by atomic mass is 35.5. The van der Waals surface area contributed by atoms with Crippen LogP contribution in [-0.4, -0.2) is 35.5 Å². The van der Waals surface area contributed by atoms with E-state index < -0.39 is 11.2 Å². The second-order valence-corrected chi connectivity index (χ2v) is 7.33. The van der Waals surface area contributed by atoms with Crippen LogP contribution < -0.4 is 0 Å². The molecule has 0 spiro atoms. The molecule has 1 unspecified atom stereocenters. The van der Waals surface area contributed by atoms with Gasteiger partial charge in [-0.25, -0.2) is 0 Å². The van der Waals surface area contributed by atoms with E-state index in [0.717, 1.165) is 17.1 Å². The molecular formula is C17H24ClNO2. The smallest absolute Gasteiger partial charge is 0.171 e. The van der Waals surface area contributed by atoms with Crippen LogP contribution in [0, 0.1) is 5.92 Å². The van der Waals surface area contributed by atoms with Crippen LogP contribution >= 0.6 is 11.6 Å². The van der Waals surface area contributed by atoms with Crippen molar-refractivity contribution in [3.63, 3.8) is 0 Å². The molecule has 0 bridgehead atoms. The largest absolute Gasteiger partial charge is 0.361 e. The maximum Gasteiger partial charge on any atom is 0.171 e. The lowest BCUT2D eigenvalue weighted by Crippen LogP contribution is -2.39. The van der Waals surface area contributed by atoms with Gasteiger partial charge in [-0.1, -0.05) is 29.8 Å². The molecule has 0 amide bonds. The zero-order chi connectivity index (χ0) is 15.8. The zero-order valence-electron chi connectivity index (χ0n) is 13.4. The van der Waals surface area contributed by atoms with Gasteiger partial charge in [0.1, 0.15) is 5.60 Å². The van der Waals surface area contributed by atoms with Crippen LogP contribution in [0.4, 0.5) is 0 Å². The topological polar surface area (TPSA) is 29.5 Å². The van der Waals surface area contributed by atoms with Gasteiger partial charge in [0.2, 0.25) is 0 Å². The lowest BCUT2D eigenvalue weighted by Gasteiger charge is -2.29. The van der Waals surface area contributed by atoms with Crippen molar-refractivity contribution < 1.29 is 9.53 Å². The standard InChI is InChI=1S/C17H24ClNO2/c1-16(2)13(15(20)17(3,4)21-16)11-19(5)10-12-8-6-7-9-14(12)18/h6-9,13H,10-11H2,1-5H3. The van der Waals surface area contributed by atoms with Crippen LogP contribution in [-0.2, 0) is 16.1 Å². The summed E-state index contributed by atoms with van der Waals surface area (Å²) in [6, 6.07) is 7.81. The van der Waals surface area contributed by atoms with Gasteiger partial charge in [0.05, 0.1) is 11.5 Å². The summed E-state index contributed by atoms with van der Waals surface area (Å²) in [5, 5.41) is 0.762. The van der Waals surface area contributed by atoms with E-state index in [2.05, 4.69) is 4.90 Å². The van der Waals surface area contributed by atoms with Gasteiger partial charge in [-0.05, 0) is 46.4 Å². The number of benzene rings is 1. The quantitative estimate of drug-likeness (QED) is 0.852. The molecular weight excluding hydrogens is 286 g/mol. The molecule has 1 aliphatic heterocycles.